The van der Waals surface area contributed by atoms with Gasteiger partial charge in [-0.25, -0.2) is 12.7 Å². The maximum absolute atomic E-state index is 12.8. The van der Waals surface area contributed by atoms with E-state index in [0.29, 0.717) is 35.5 Å². The van der Waals surface area contributed by atoms with Crippen molar-refractivity contribution in [1.29, 1.82) is 0 Å². The van der Waals surface area contributed by atoms with Crippen LogP contribution in [0.1, 0.15) is 60.9 Å². The van der Waals surface area contributed by atoms with Gasteiger partial charge >= 0.3 is 0 Å². The second-order valence-corrected chi connectivity index (χ2v) is 9.24. The third-order valence-corrected chi connectivity index (χ3v) is 7.12. The maximum atomic E-state index is 12.8. The van der Waals surface area contributed by atoms with Crippen molar-refractivity contribution in [3.8, 4) is 0 Å². The second-order valence-electron chi connectivity index (χ2n) is 7.23. The monoisotopic (exact) mass is 377 g/mol. The van der Waals surface area contributed by atoms with Gasteiger partial charge in [-0.05, 0) is 38.3 Å². The van der Waals surface area contributed by atoms with Crippen LogP contribution in [0.4, 0.5) is 0 Å². The fraction of sp³-hybridized carbons (Fsp3) is 0.579. The van der Waals surface area contributed by atoms with Gasteiger partial charge < -0.3 is 4.52 Å². The van der Waals surface area contributed by atoms with Gasteiger partial charge in [0.05, 0.1) is 4.90 Å². The van der Waals surface area contributed by atoms with Crippen LogP contribution in [0.3, 0.4) is 0 Å². The fourth-order valence-electron chi connectivity index (χ4n) is 3.52. The molecule has 1 fully saturated rings. The maximum Gasteiger partial charge on any atom is 0.243 e. The van der Waals surface area contributed by atoms with Crippen molar-refractivity contribution in [3.05, 3.63) is 41.0 Å². The molecule has 26 heavy (non-hydrogen) atoms. The molecule has 0 aliphatic heterocycles. The van der Waals surface area contributed by atoms with Crippen molar-refractivity contribution < 1.29 is 12.9 Å². The van der Waals surface area contributed by atoms with E-state index >= 15 is 0 Å². The van der Waals surface area contributed by atoms with Gasteiger partial charge in [0.15, 0.2) is 5.82 Å². The molecule has 1 aromatic heterocycles. The lowest BCUT2D eigenvalue weighted by molar-refractivity contribution is 0.311. The zero-order chi connectivity index (χ0) is 18.7. The van der Waals surface area contributed by atoms with E-state index < -0.39 is 10.0 Å². The molecule has 1 heterocycles. The average molecular weight is 378 g/mol. The fourth-order valence-corrected chi connectivity index (χ4v) is 4.89. The summed E-state index contributed by atoms with van der Waals surface area (Å²) in [6, 6.07) is 5.38. The third-order valence-electron chi connectivity index (χ3n) is 5.11. The Bertz CT molecular complexity index is 855. The Hall–Kier alpha value is -1.73. The highest BCUT2D eigenvalue weighted by Gasteiger charge is 2.24. The standard InChI is InChI=1S/C19H27N3O3S/c1-14-9-10-17(15(2)13-14)26(23,24)22(3)12-11-18-20-19(25-21-18)16-7-5-4-6-8-16/h9-10,13,16H,4-8,11-12H2,1-3H3. The molecule has 0 amide bonds. The van der Waals surface area contributed by atoms with Crippen LogP contribution < -0.4 is 0 Å². The molecule has 1 saturated carbocycles. The molecule has 0 N–H and O–H groups in total. The summed E-state index contributed by atoms with van der Waals surface area (Å²) in [4.78, 5) is 4.84. The first-order valence-electron chi connectivity index (χ1n) is 9.24. The zero-order valence-corrected chi connectivity index (χ0v) is 16.6. The van der Waals surface area contributed by atoms with E-state index in [1.165, 1.54) is 23.6 Å². The summed E-state index contributed by atoms with van der Waals surface area (Å²) in [5.41, 5.74) is 1.81. The van der Waals surface area contributed by atoms with E-state index in [1.54, 1.807) is 13.1 Å². The minimum Gasteiger partial charge on any atom is -0.339 e. The van der Waals surface area contributed by atoms with Gasteiger partial charge in [0.1, 0.15) is 0 Å². The number of sulfonamides is 1. The van der Waals surface area contributed by atoms with Crippen molar-refractivity contribution in [2.45, 2.75) is 63.2 Å². The average Bonchev–Trinajstić information content (AvgIpc) is 3.09. The van der Waals surface area contributed by atoms with Gasteiger partial charge in [0.25, 0.3) is 0 Å². The predicted molar refractivity (Wildman–Crippen MR) is 99.6 cm³/mol. The van der Waals surface area contributed by atoms with Crippen LogP contribution in [0, 0.1) is 13.8 Å². The second kappa shape index (κ2) is 7.88. The van der Waals surface area contributed by atoms with Crippen LogP contribution in [-0.4, -0.2) is 36.5 Å². The van der Waals surface area contributed by atoms with Crippen LogP contribution in [0.2, 0.25) is 0 Å². The summed E-state index contributed by atoms with van der Waals surface area (Å²) in [7, 11) is -1.93. The lowest BCUT2D eigenvalue weighted by atomic mass is 9.89. The van der Waals surface area contributed by atoms with Gasteiger partial charge in [0, 0.05) is 25.9 Å². The summed E-state index contributed by atoms with van der Waals surface area (Å²) in [5, 5.41) is 4.04. The number of benzene rings is 1. The Morgan fingerprint density at radius 1 is 1.19 bits per heavy atom. The highest BCUT2D eigenvalue weighted by Crippen LogP contribution is 2.31. The van der Waals surface area contributed by atoms with Gasteiger partial charge in [-0.3, -0.25) is 0 Å². The van der Waals surface area contributed by atoms with Crippen molar-refractivity contribution in [2.24, 2.45) is 0 Å². The van der Waals surface area contributed by atoms with E-state index in [4.69, 9.17) is 4.52 Å². The molecule has 1 aliphatic rings. The third kappa shape index (κ3) is 4.15. The highest BCUT2D eigenvalue weighted by molar-refractivity contribution is 7.89. The molecule has 6 nitrogen and oxygen atoms in total. The molecule has 2 aromatic rings. The number of hydrogen-bond donors (Lipinski definition) is 0. The molecule has 1 aromatic carbocycles. The SMILES string of the molecule is Cc1ccc(S(=O)(=O)N(C)CCc2noc(C3CCCCC3)n2)c(C)c1. The number of hydrogen-bond acceptors (Lipinski definition) is 5. The number of nitrogens with zero attached hydrogens (tertiary/aromatic N) is 3. The molecule has 0 bridgehead atoms. The Balaban J connectivity index is 1.64. The molecule has 0 radical (unpaired) electrons. The van der Waals surface area contributed by atoms with Crippen LogP contribution in [0.5, 0.6) is 0 Å². The van der Waals surface area contributed by atoms with Gasteiger partial charge in [-0.2, -0.15) is 4.98 Å². The van der Waals surface area contributed by atoms with Gasteiger partial charge in [0.2, 0.25) is 15.9 Å². The zero-order valence-electron chi connectivity index (χ0n) is 15.7. The molecule has 7 heteroatoms. The lowest BCUT2D eigenvalue weighted by Crippen LogP contribution is -2.29. The number of likely N-dealkylation sites (N-methyl/N-ethyl adjacent to an activating group) is 1. The quantitative estimate of drug-likeness (QED) is 0.769. The topological polar surface area (TPSA) is 76.3 Å². The van der Waals surface area contributed by atoms with Crippen molar-refractivity contribution in [1.82, 2.24) is 14.4 Å². The summed E-state index contributed by atoms with van der Waals surface area (Å²) in [5.74, 6) is 1.65. The molecule has 142 valence electrons. The van der Waals surface area contributed by atoms with E-state index in [1.807, 2.05) is 26.0 Å². The first-order valence-corrected chi connectivity index (χ1v) is 10.7. The molecular formula is C19H27N3O3S. The van der Waals surface area contributed by atoms with Gasteiger partial charge in [-0.1, -0.05) is 42.1 Å². The number of rotatable bonds is 6. The largest absolute Gasteiger partial charge is 0.339 e. The first-order chi connectivity index (χ1) is 12.4. The van der Waals surface area contributed by atoms with E-state index in [-0.39, 0.29) is 0 Å². The van der Waals surface area contributed by atoms with E-state index in [0.717, 1.165) is 24.0 Å². The molecule has 0 atom stereocenters. The minimum atomic E-state index is -3.52. The Kier molecular flexibility index (Phi) is 5.77. The Morgan fingerprint density at radius 3 is 2.62 bits per heavy atom. The van der Waals surface area contributed by atoms with Crippen molar-refractivity contribution in [2.75, 3.05) is 13.6 Å². The van der Waals surface area contributed by atoms with Crippen LogP contribution in [0.25, 0.3) is 0 Å². The van der Waals surface area contributed by atoms with E-state index in [9.17, 15) is 8.42 Å². The summed E-state index contributed by atoms with van der Waals surface area (Å²) < 4.78 is 32.4. The molecule has 3 rings (SSSR count). The molecule has 0 saturated heterocycles. The van der Waals surface area contributed by atoms with Crippen LogP contribution in [-0.2, 0) is 16.4 Å². The van der Waals surface area contributed by atoms with Crippen LogP contribution >= 0.6 is 0 Å². The Morgan fingerprint density at radius 2 is 1.92 bits per heavy atom. The smallest absolute Gasteiger partial charge is 0.243 e. The van der Waals surface area contributed by atoms with Gasteiger partial charge in [-0.15, -0.1) is 0 Å². The summed E-state index contributed by atoms with van der Waals surface area (Å²) >= 11 is 0. The molecule has 1 aliphatic carbocycles. The predicted octanol–water partition coefficient (Wildman–Crippen LogP) is 3.60. The minimum absolute atomic E-state index is 0.319. The van der Waals surface area contributed by atoms with E-state index in [2.05, 4.69) is 10.1 Å². The summed E-state index contributed by atoms with van der Waals surface area (Å²) in [6.45, 7) is 4.09. The molecule has 0 spiro atoms. The van der Waals surface area contributed by atoms with Crippen molar-refractivity contribution >= 4 is 10.0 Å². The molecule has 0 unspecified atom stereocenters. The normalized spacial score (nSPS) is 16.3. The highest BCUT2D eigenvalue weighted by atomic mass is 32.2. The van der Waals surface area contributed by atoms with Crippen molar-refractivity contribution in [3.63, 3.8) is 0 Å². The first kappa shape index (κ1) is 19.0. The number of aromatic nitrogens is 2. The molecular weight excluding hydrogens is 350 g/mol. The Labute approximate surface area is 155 Å². The summed E-state index contributed by atoms with van der Waals surface area (Å²) in [6.07, 6.45) is 6.33. The lowest BCUT2D eigenvalue weighted by Gasteiger charge is -2.18. The van der Waals surface area contributed by atoms with Crippen LogP contribution in [0.15, 0.2) is 27.6 Å². The number of aryl methyl sites for hydroxylation is 2.